The maximum absolute atomic E-state index is 13.3. The van der Waals surface area contributed by atoms with E-state index in [1.807, 2.05) is 17.5 Å². The van der Waals surface area contributed by atoms with Crippen LogP contribution in [0.1, 0.15) is 41.8 Å². The summed E-state index contributed by atoms with van der Waals surface area (Å²) in [4.78, 5) is 30.2. The van der Waals surface area contributed by atoms with Crippen LogP contribution in [0, 0.1) is 5.82 Å². The molecule has 0 spiro atoms. The van der Waals surface area contributed by atoms with E-state index in [0.717, 1.165) is 36.1 Å². The Balaban J connectivity index is 1.36. The molecule has 8 heteroatoms. The number of benzene rings is 1. The Morgan fingerprint density at radius 2 is 1.80 bits per heavy atom. The van der Waals surface area contributed by atoms with E-state index in [1.165, 1.54) is 34.8 Å². The van der Waals surface area contributed by atoms with Crippen LogP contribution in [0.2, 0.25) is 0 Å². The topological polar surface area (TPSA) is 71.1 Å². The van der Waals surface area contributed by atoms with Gasteiger partial charge in [-0.05, 0) is 42.0 Å². The van der Waals surface area contributed by atoms with Gasteiger partial charge in [0, 0.05) is 10.3 Å². The average molecular weight is 444 g/mol. The molecule has 0 bridgehead atoms. The van der Waals surface area contributed by atoms with E-state index >= 15 is 0 Å². The fraction of sp³-hybridized carbons (Fsp3) is 0.318. The van der Waals surface area contributed by atoms with E-state index in [9.17, 15) is 14.0 Å². The van der Waals surface area contributed by atoms with Crippen LogP contribution in [0.3, 0.4) is 0 Å². The molecule has 2 N–H and O–H groups in total. The second-order valence-corrected chi connectivity index (χ2v) is 9.36. The minimum Gasteiger partial charge on any atom is -0.346 e. The van der Waals surface area contributed by atoms with Crippen LogP contribution < -0.4 is 10.6 Å². The highest BCUT2D eigenvalue weighted by atomic mass is 32.1. The summed E-state index contributed by atoms with van der Waals surface area (Å²) in [5.74, 6) is -0.527. The number of aromatic nitrogens is 1. The molecule has 0 atom stereocenters. The number of carbonyl (C=O) groups excluding carboxylic acids is 2. The number of hydrogen-bond acceptors (Lipinski definition) is 5. The zero-order valence-electron chi connectivity index (χ0n) is 16.3. The first-order chi connectivity index (χ1) is 14.5. The van der Waals surface area contributed by atoms with Gasteiger partial charge in [0.15, 0.2) is 5.13 Å². The summed E-state index contributed by atoms with van der Waals surface area (Å²) in [6, 6.07) is 10.2. The molecule has 0 aliphatic heterocycles. The third-order valence-electron chi connectivity index (χ3n) is 5.29. The Bertz CT molecular complexity index is 1010. The highest BCUT2D eigenvalue weighted by Gasteiger charge is 2.37. The number of nitrogens with zero attached hydrogens (tertiary/aromatic N) is 1. The van der Waals surface area contributed by atoms with Crippen molar-refractivity contribution in [2.75, 3.05) is 5.32 Å². The van der Waals surface area contributed by atoms with E-state index in [1.54, 1.807) is 17.5 Å². The minimum atomic E-state index is -0.446. The summed E-state index contributed by atoms with van der Waals surface area (Å²) in [5.41, 5.74) is 1.11. The largest absolute Gasteiger partial charge is 0.346 e. The zero-order chi connectivity index (χ0) is 21.0. The van der Waals surface area contributed by atoms with Gasteiger partial charge in [-0.15, -0.1) is 22.7 Å². The lowest BCUT2D eigenvalue weighted by Crippen LogP contribution is -2.44. The smallest absolute Gasteiger partial charge is 0.231 e. The average Bonchev–Trinajstić information content (AvgIpc) is 3.46. The van der Waals surface area contributed by atoms with Gasteiger partial charge in [-0.2, -0.15) is 0 Å². The van der Waals surface area contributed by atoms with E-state index in [4.69, 9.17) is 0 Å². The van der Waals surface area contributed by atoms with Crippen LogP contribution in [0.15, 0.2) is 47.2 Å². The Labute approximate surface area is 182 Å². The standard InChI is InChI=1S/C22H22FN3O2S2/c23-16-7-5-15(6-8-16)22(9-1-2-10-22)26-20(28)12-17-14-30-21(24-17)25-19(27)13-18-4-3-11-29-18/h3-8,11,14H,1-2,9-10,12-13H2,(H,26,28)(H,24,25,27). The number of nitrogens with one attached hydrogen (secondary N) is 2. The molecule has 1 aromatic carbocycles. The first-order valence-corrected chi connectivity index (χ1v) is 11.6. The molecular weight excluding hydrogens is 421 g/mol. The van der Waals surface area contributed by atoms with Crippen molar-refractivity contribution in [3.8, 4) is 0 Å². The fourth-order valence-electron chi connectivity index (χ4n) is 3.89. The zero-order valence-corrected chi connectivity index (χ0v) is 18.0. The minimum absolute atomic E-state index is 0.121. The molecule has 3 aromatic rings. The van der Waals surface area contributed by atoms with E-state index in [2.05, 4.69) is 15.6 Å². The van der Waals surface area contributed by atoms with Crippen molar-refractivity contribution >= 4 is 39.6 Å². The summed E-state index contributed by atoms with van der Waals surface area (Å²) >= 11 is 2.85. The summed E-state index contributed by atoms with van der Waals surface area (Å²) in [6.45, 7) is 0. The molecule has 0 saturated heterocycles. The third kappa shape index (κ3) is 4.94. The number of halogens is 1. The predicted octanol–water partition coefficient (Wildman–Crippen LogP) is 4.65. The number of thiophene rings is 1. The molecule has 30 heavy (non-hydrogen) atoms. The molecule has 156 valence electrons. The van der Waals surface area contributed by atoms with Gasteiger partial charge in [0.25, 0.3) is 0 Å². The number of rotatable bonds is 7. The molecule has 1 fully saturated rings. The molecule has 4 rings (SSSR count). The highest BCUT2D eigenvalue weighted by Crippen LogP contribution is 2.38. The number of thiazole rings is 1. The van der Waals surface area contributed by atoms with Crippen LogP contribution in [0.5, 0.6) is 0 Å². The van der Waals surface area contributed by atoms with Gasteiger partial charge in [-0.1, -0.05) is 31.0 Å². The lowest BCUT2D eigenvalue weighted by molar-refractivity contribution is -0.122. The molecule has 2 amide bonds. The quantitative estimate of drug-likeness (QED) is 0.558. The second-order valence-electron chi connectivity index (χ2n) is 7.47. The summed E-state index contributed by atoms with van der Waals surface area (Å²) in [6.07, 6.45) is 4.17. The maximum Gasteiger partial charge on any atom is 0.231 e. The highest BCUT2D eigenvalue weighted by molar-refractivity contribution is 7.14. The van der Waals surface area contributed by atoms with Crippen molar-refractivity contribution in [1.29, 1.82) is 0 Å². The number of anilines is 1. The Hall–Kier alpha value is -2.58. The van der Waals surface area contributed by atoms with Gasteiger partial charge in [0.05, 0.1) is 24.1 Å². The van der Waals surface area contributed by atoms with Gasteiger partial charge in [0.2, 0.25) is 11.8 Å². The van der Waals surface area contributed by atoms with Gasteiger partial charge in [-0.3, -0.25) is 9.59 Å². The van der Waals surface area contributed by atoms with Crippen molar-refractivity contribution < 1.29 is 14.0 Å². The molecule has 1 aliphatic rings. The first kappa shape index (κ1) is 20.7. The van der Waals surface area contributed by atoms with Crippen LogP contribution in [-0.2, 0) is 28.0 Å². The fourth-order valence-corrected chi connectivity index (χ4v) is 5.32. The predicted molar refractivity (Wildman–Crippen MR) is 117 cm³/mol. The number of hydrogen-bond donors (Lipinski definition) is 2. The Morgan fingerprint density at radius 3 is 2.50 bits per heavy atom. The van der Waals surface area contributed by atoms with Crippen molar-refractivity contribution in [3.05, 3.63) is 69.1 Å². The lowest BCUT2D eigenvalue weighted by atomic mass is 9.88. The molecule has 2 heterocycles. The van der Waals surface area contributed by atoms with E-state index in [0.29, 0.717) is 17.2 Å². The molecule has 5 nitrogen and oxygen atoms in total. The summed E-state index contributed by atoms with van der Waals surface area (Å²) in [7, 11) is 0. The SMILES string of the molecule is O=C(Cc1cccs1)Nc1nc(CC(=O)NC2(c3ccc(F)cc3)CCCC2)cs1. The van der Waals surface area contributed by atoms with Gasteiger partial charge in [-0.25, -0.2) is 9.37 Å². The van der Waals surface area contributed by atoms with Crippen LogP contribution >= 0.6 is 22.7 Å². The van der Waals surface area contributed by atoms with Crippen molar-refractivity contribution in [3.63, 3.8) is 0 Å². The molecule has 0 radical (unpaired) electrons. The monoisotopic (exact) mass is 443 g/mol. The Kier molecular flexibility index (Phi) is 6.24. The van der Waals surface area contributed by atoms with E-state index in [-0.39, 0.29) is 24.1 Å². The van der Waals surface area contributed by atoms with Crippen LogP contribution in [-0.4, -0.2) is 16.8 Å². The molecule has 1 aliphatic carbocycles. The van der Waals surface area contributed by atoms with Gasteiger partial charge < -0.3 is 10.6 Å². The number of carbonyl (C=O) groups is 2. The Morgan fingerprint density at radius 1 is 1.03 bits per heavy atom. The normalized spacial score (nSPS) is 15.1. The van der Waals surface area contributed by atoms with Gasteiger partial charge >= 0.3 is 0 Å². The summed E-state index contributed by atoms with van der Waals surface area (Å²) in [5, 5.41) is 10.2. The third-order valence-corrected chi connectivity index (χ3v) is 6.97. The molecule has 1 saturated carbocycles. The van der Waals surface area contributed by atoms with E-state index < -0.39 is 5.54 Å². The number of amides is 2. The van der Waals surface area contributed by atoms with Crippen molar-refractivity contribution in [2.24, 2.45) is 0 Å². The van der Waals surface area contributed by atoms with Crippen LogP contribution in [0.4, 0.5) is 9.52 Å². The second kappa shape index (κ2) is 9.06. The first-order valence-electron chi connectivity index (χ1n) is 9.86. The van der Waals surface area contributed by atoms with Crippen molar-refractivity contribution in [2.45, 2.75) is 44.1 Å². The molecule has 0 unspecified atom stereocenters. The maximum atomic E-state index is 13.3. The molecular formula is C22H22FN3O2S2. The summed E-state index contributed by atoms with van der Waals surface area (Å²) < 4.78 is 13.3. The molecule has 2 aromatic heterocycles. The lowest BCUT2D eigenvalue weighted by Gasteiger charge is -2.31. The van der Waals surface area contributed by atoms with Crippen LogP contribution in [0.25, 0.3) is 0 Å². The van der Waals surface area contributed by atoms with Crippen molar-refractivity contribution in [1.82, 2.24) is 10.3 Å². The van der Waals surface area contributed by atoms with Gasteiger partial charge in [0.1, 0.15) is 5.82 Å².